The third-order valence-electron chi connectivity index (χ3n) is 3.77. The number of rotatable bonds is 2. The first-order valence-electron chi connectivity index (χ1n) is 6.76. The van der Waals surface area contributed by atoms with Crippen molar-refractivity contribution in [1.29, 1.82) is 0 Å². The number of halogens is 1. The maximum absolute atomic E-state index is 10.5. The molecule has 2 aliphatic rings. The Hall–Kier alpha value is -0.970. The van der Waals surface area contributed by atoms with Crippen LogP contribution in [-0.4, -0.2) is 24.5 Å². The van der Waals surface area contributed by atoms with Gasteiger partial charge in [0.05, 0.1) is 11.1 Å². The van der Waals surface area contributed by atoms with E-state index in [2.05, 4.69) is 5.32 Å². The first-order valence-corrected chi connectivity index (χ1v) is 7.14. The number of hydrogen-bond donors (Lipinski definition) is 2. The molecule has 2 heterocycles. The van der Waals surface area contributed by atoms with Crippen molar-refractivity contribution in [2.75, 3.05) is 13.3 Å². The molecule has 2 atom stereocenters. The normalized spacial score (nSPS) is 24.0. The summed E-state index contributed by atoms with van der Waals surface area (Å²) in [5.41, 5.74) is 0.786. The largest absolute Gasteiger partial charge is 0.454 e. The first-order chi connectivity index (χ1) is 9.25. The number of hydrogen-bond acceptors (Lipinski definition) is 4. The zero-order chi connectivity index (χ0) is 13.2. The maximum Gasteiger partial charge on any atom is 0.231 e. The zero-order valence-electron chi connectivity index (χ0n) is 10.7. The van der Waals surface area contributed by atoms with Crippen LogP contribution in [0.4, 0.5) is 0 Å². The molecule has 0 radical (unpaired) electrons. The summed E-state index contributed by atoms with van der Waals surface area (Å²) in [5.74, 6) is 1.20. The van der Waals surface area contributed by atoms with Crippen LogP contribution in [0.15, 0.2) is 12.1 Å². The molecule has 1 saturated heterocycles. The van der Waals surface area contributed by atoms with E-state index >= 15 is 0 Å². The van der Waals surface area contributed by atoms with E-state index in [1.165, 1.54) is 12.8 Å². The van der Waals surface area contributed by atoms with E-state index in [4.69, 9.17) is 21.1 Å². The smallest absolute Gasteiger partial charge is 0.231 e. The lowest BCUT2D eigenvalue weighted by atomic mass is 9.98. The molecule has 2 unspecified atom stereocenters. The third kappa shape index (κ3) is 2.66. The van der Waals surface area contributed by atoms with Crippen LogP contribution < -0.4 is 14.8 Å². The lowest BCUT2D eigenvalue weighted by Crippen LogP contribution is -2.34. The quantitative estimate of drug-likeness (QED) is 0.876. The van der Waals surface area contributed by atoms with E-state index in [9.17, 15) is 5.11 Å². The molecule has 2 aliphatic heterocycles. The molecular weight excluding hydrogens is 266 g/mol. The van der Waals surface area contributed by atoms with Crippen LogP contribution in [0, 0.1) is 0 Å². The number of nitrogens with one attached hydrogen (secondary N) is 1. The molecule has 0 saturated carbocycles. The number of benzene rings is 1. The van der Waals surface area contributed by atoms with Gasteiger partial charge in [-0.15, -0.1) is 0 Å². The van der Waals surface area contributed by atoms with Crippen molar-refractivity contribution >= 4 is 11.6 Å². The Morgan fingerprint density at radius 2 is 2.16 bits per heavy atom. The molecule has 4 nitrogen and oxygen atoms in total. The Kier molecular flexibility index (Phi) is 3.82. The lowest BCUT2D eigenvalue weighted by molar-refractivity contribution is 0.126. The van der Waals surface area contributed by atoms with Crippen LogP contribution in [0.2, 0.25) is 5.02 Å². The van der Waals surface area contributed by atoms with Crippen LogP contribution in [0.1, 0.15) is 37.4 Å². The molecule has 0 aromatic heterocycles. The second kappa shape index (κ2) is 5.57. The fourth-order valence-electron chi connectivity index (χ4n) is 2.72. The first kappa shape index (κ1) is 13.0. The highest BCUT2D eigenvalue weighted by atomic mass is 35.5. The average Bonchev–Trinajstić information content (AvgIpc) is 2.72. The van der Waals surface area contributed by atoms with Gasteiger partial charge < -0.3 is 19.9 Å². The van der Waals surface area contributed by atoms with Crippen molar-refractivity contribution < 1.29 is 14.6 Å². The lowest BCUT2D eigenvalue weighted by Gasteiger charge is -2.23. The van der Waals surface area contributed by atoms with Crippen LogP contribution in [0.3, 0.4) is 0 Å². The number of aliphatic hydroxyl groups is 1. The van der Waals surface area contributed by atoms with Crippen LogP contribution in [0.25, 0.3) is 0 Å². The Balaban J connectivity index is 1.83. The number of ether oxygens (including phenoxy) is 2. The van der Waals surface area contributed by atoms with E-state index < -0.39 is 6.10 Å². The van der Waals surface area contributed by atoms with Gasteiger partial charge >= 0.3 is 0 Å². The second-order valence-electron chi connectivity index (χ2n) is 5.09. The summed E-state index contributed by atoms with van der Waals surface area (Å²) in [4.78, 5) is 0. The van der Waals surface area contributed by atoms with Gasteiger partial charge in [0, 0.05) is 6.04 Å². The average molecular weight is 284 g/mol. The summed E-state index contributed by atoms with van der Waals surface area (Å²) in [5, 5.41) is 14.4. The van der Waals surface area contributed by atoms with Gasteiger partial charge in [-0.25, -0.2) is 0 Å². The fraction of sp³-hybridized carbons (Fsp3) is 0.571. The minimum absolute atomic E-state index is 0.0824. The molecule has 1 aromatic rings. The third-order valence-corrected chi connectivity index (χ3v) is 4.05. The summed E-state index contributed by atoms with van der Waals surface area (Å²) in [6.07, 6.45) is 3.95. The van der Waals surface area contributed by atoms with Gasteiger partial charge in [-0.1, -0.05) is 24.4 Å². The van der Waals surface area contributed by atoms with E-state index in [-0.39, 0.29) is 12.8 Å². The van der Waals surface area contributed by atoms with Gasteiger partial charge in [0.1, 0.15) is 0 Å². The summed E-state index contributed by atoms with van der Waals surface area (Å²) in [6, 6.07) is 3.68. The van der Waals surface area contributed by atoms with Gasteiger partial charge in [-0.05, 0) is 37.1 Å². The molecule has 1 aromatic carbocycles. The monoisotopic (exact) mass is 283 g/mol. The molecule has 0 bridgehead atoms. The maximum atomic E-state index is 10.5. The van der Waals surface area contributed by atoms with Crippen LogP contribution in [-0.2, 0) is 0 Å². The molecule has 1 fully saturated rings. The number of fused-ring (bicyclic) bond motifs is 1. The van der Waals surface area contributed by atoms with Gasteiger partial charge in [-0.3, -0.25) is 0 Å². The predicted octanol–water partition coefficient (Wildman–Crippen LogP) is 2.63. The highest BCUT2D eigenvalue weighted by Gasteiger charge is 2.25. The topological polar surface area (TPSA) is 50.7 Å². The summed E-state index contributed by atoms with van der Waals surface area (Å²) in [6.45, 7) is 1.15. The van der Waals surface area contributed by atoms with Gasteiger partial charge in [0.2, 0.25) is 6.79 Å². The standard InChI is InChI=1S/C14H18ClNO3/c15-10-6-9(7-12-14(10)19-8-18-12)13(17)11-4-2-1-3-5-16-11/h6-7,11,13,16-17H,1-5,8H2. The van der Waals surface area contributed by atoms with Crippen molar-refractivity contribution in [2.45, 2.75) is 37.8 Å². The van der Waals surface area contributed by atoms with E-state index in [1.54, 1.807) is 6.07 Å². The van der Waals surface area contributed by atoms with Gasteiger partial charge in [-0.2, -0.15) is 0 Å². The van der Waals surface area contributed by atoms with Crippen LogP contribution >= 0.6 is 11.6 Å². The van der Waals surface area contributed by atoms with E-state index in [1.807, 2.05) is 6.07 Å². The molecule has 5 heteroatoms. The van der Waals surface area contributed by atoms with E-state index in [0.717, 1.165) is 24.9 Å². The Bertz CT molecular complexity index is 458. The zero-order valence-corrected chi connectivity index (χ0v) is 11.4. The predicted molar refractivity (Wildman–Crippen MR) is 72.8 cm³/mol. The Labute approximate surface area is 117 Å². The van der Waals surface area contributed by atoms with Gasteiger partial charge in [0.25, 0.3) is 0 Å². The molecular formula is C14H18ClNO3. The molecule has 104 valence electrons. The van der Waals surface area contributed by atoms with Crippen LogP contribution in [0.5, 0.6) is 11.5 Å². The van der Waals surface area contributed by atoms with E-state index in [0.29, 0.717) is 16.5 Å². The minimum Gasteiger partial charge on any atom is -0.454 e. The molecule has 3 rings (SSSR count). The molecule has 19 heavy (non-hydrogen) atoms. The van der Waals surface area contributed by atoms with Crippen molar-refractivity contribution in [3.63, 3.8) is 0 Å². The SMILES string of the molecule is OC(c1cc(Cl)c2c(c1)OCO2)C1CCCCCN1. The fourth-order valence-corrected chi connectivity index (χ4v) is 2.99. The molecule has 0 spiro atoms. The second-order valence-corrected chi connectivity index (χ2v) is 5.50. The Morgan fingerprint density at radius 1 is 1.26 bits per heavy atom. The Morgan fingerprint density at radius 3 is 3.05 bits per heavy atom. The summed E-state index contributed by atoms with van der Waals surface area (Å²) in [7, 11) is 0. The highest BCUT2D eigenvalue weighted by Crippen LogP contribution is 2.41. The van der Waals surface area contributed by atoms with Crippen molar-refractivity contribution in [1.82, 2.24) is 5.32 Å². The molecule has 0 amide bonds. The molecule has 2 N–H and O–H groups in total. The summed E-state index contributed by atoms with van der Waals surface area (Å²) >= 11 is 6.15. The summed E-state index contributed by atoms with van der Waals surface area (Å²) < 4.78 is 10.6. The minimum atomic E-state index is -0.565. The van der Waals surface area contributed by atoms with Crippen molar-refractivity contribution in [3.05, 3.63) is 22.7 Å². The molecule has 0 aliphatic carbocycles. The van der Waals surface area contributed by atoms with Gasteiger partial charge in [0.15, 0.2) is 11.5 Å². The highest BCUT2D eigenvalue weighted by molar-refractivity contribution is 6.32. The van der Waals surface area contributed by atoms with Crippen molar-refractivity contribution in [3.8, 4) is 11.5 Å². The number of aliphatic hydroxyl groups excluding tert-OH is 1. The van der Waals surface area contributed by atoms with Crippen molar-refractivity contribution in [2.24, 2.45) is 0 Å².